The molecule has 0 aliphatic carbocycles. The lowest BCUT2D eigenvalue weighted by Crippen LogP contribution is -2.62. The molecule has 6 nitrogen and oxygen atoms in total. The van der Waals surface area contributed by atoms with Gasteiger partial charge >= 0.3 is 0 Å². The van der Waals surface area contributed by atoms with E-state index in [9.17, 15) is 15.3 Å². The molecule has 170 valence electrons. The highest BCUT2D eigenvalue weighted by atomic mass is 32.1. The topological polar surface area (TPSA) is 104 Å². The molecule has 2 N–H and O–H groups in total. The van der Waals surface area contributed by atoms with Gasteiger partial charge in [-0.2, -0.15) is 10.5 Å². The Morgan fingerprint density at radius 3 is 2.47 bits per heavy atom. The molecular weight excluding hydrogens is 442 g/mol. The van der Waals surface area contributed by atoms with E-state index in [1.165, 1.54) is 4.90 Å². The highest BCUT2D eigenvalue weighted by molar-refractivity contribution is 7.15. The zero-order valence-electron chi connectivity index (χ0n) is 19.5. The first kappa shape index (κ1) is 23.2. The number of nitrogens with one attached hydrogen (secondary N) is 2. The van der Waals surface area contributed by atoms with Gasteiger partial charge in [-0.05, 0) is 61.7 Å². The predicted molar refractivity (Wildman–Crippen MR) is 133 cm³/mol. The molecule has 0 saturated carbocycles. The van der Waals surface area contributed by atoms with Crippen molar-refractivity contribution in [2.45, 2.75) is 37.6 Å². The first-order chi connectivity index (χ1) is 16.1. The van der Waals surface area contributed by atoms with E-state index in [0.29, 0.717) is 5.56 Å². The van der Waals surface area contributed by atoms with Crippen LogP contribution in [0, 0.1) is 28.1 Å². The monoisotopic (exact) mass is 467 g/mol. The summed E-state index contributed by atoms with van der Waals surface area (Å²) in [4.78, 5) is 16.7. The SMILES string of the molecule is CN1C(=N)NC(C)(c2ccc(-c3cccc(C#N)c3)s2)C(c2ccc(C(C)(C)C#N)cc2)C1=O. The molecule has 0 spiro atoms. The molecule has 1 aliphatic heterocycles. The van der Waals surface area contributed by atoms with Crippen LogP contribution in [0.2, 0.25) is 0 Å². The molecule has 0 bridgehead atoms. The standard InChI is InChI=1S/C27H25N5OS/c1-26(2,16-29)20-10-8-18(9-11-20)23-24(33)32(4)25(30)31-27(23,3)22-13-12-21(34-22)19-7-5-6-17(14-19)15-28/h5-14,23H,1-4H3,(H2,30,31). The van der Waals surface area contributed by atoms with Crippen LogP contribution >= 0.6 is 11.3 Å². The fraction of sp³-hybridized carbons (Fsp3) is 0.259. The summed E-state index contributed by atoms with van der Waals surface area (Å²) in [6.45, 7) is 5.68. The zero-order valence-corrected chi connectivity index (χ0v) is 20.3. The van der Waals surface area contributed by atoms with E-state index in [-0.39, 0.29) is 11.9 Å². The Morgan fingerprint density at radius 1 is 1.12 bits per heavy atom. The van der Waals surface area contributed by atoms with Gasteiger partial charge in [0.1, 0.15) is 0 Å². The van der Waals surface area contributed by atoms with Crippen LogP contribution in [-0.4, -0.2) is 23.8 Å². The van der Waals surface area contributed by atoms with E-state index < -0.39 is 16.9 Å². The van der Waals surface area contributed by atoms with Crippen LogP contribution in [-0.2, 0) is 15.7 Å². The van der Waals surface area contributed by atoms with Crippen molar-refractivity contribution < 1.29 is 4.79 Å². The molecule has 3 aromatic rings. The van der Waals surface area contributed by atoms with Crippen molar-refractivity contribution in [3.63, 3.8) is 0 Å². The zero-order chi connectivity index (χ0) is 24.7. The average molecular weight is 468 g/mol. The van der Waals surface area contributed by atoms with Gasteiger partial charge in [-0.15, -0.1) is 11.3 Å². The second kappa shape index (κ2) is 8.44. The minimum atomic E-state index is -0.845. The molecule has 1 fully saturated rings. The van der Waals surface area contributed by atoms with Crippen LogP contribution in [0.4, 0.5) is 0 Å². The summed E-state index contributed by atoms with van der Waals surface area (Å²) >= 11 is 1.54. The van der Waals surface area contributed by atoms with Crippen molar-refractivity contribution in [1.29, 1.82) is 15.9 Å². The Bertz CT molecular complexity index is 1360. The first-order valence-electron chi connectivity index (χ1n) is 10.9. The number of nitrogens with zero attached hydrogens (tertiary/aromatic N) is 3. The van der Waals surface area contributed by atoms with E-state index in [1.807, 2.05) is 75.4 Å². The molecule has 1 aromatic heterocycles. The minimum Gasteiger partial charge on any atom is -0.345 e. The van der Waals surface area contributed by atoms with Gasteiger partial charge in [0.2, 0.25) is 5.91 Å². The van der Waals surface area contributed by atoms with Gasteiger partial charge < -0.3 is 5.32 Å². The molecular formula is C27H25N5OS. The number of carbonyl (C=O) groups excluding carboxylic acids is 1. The van der Waals surface area contributed by atoms with Crippen LogP contribution in [0.3, 0.4) is 0 Å². The molecule has 2 unspecified atom stereocenters. The Morgan fingerprint density at radius 2 is 1.82 bits per heavy atom. The number of rotatable bonds is 4. The highest BCUT2D eigenvalue weighted by Gasteiger charge is 2.49. The molecule has 34 heavy (non-hydrogen) atoms. The van der Waals surface area contributed by atoms with Crippen LogP contribution in [0.5, 0.6) is 0 Å². The van der Waals surface area contributed by atoms with Gasteiger partial charge in [0, 0.05) is 16.8 Å². The molecule has 1 amide bonds. The van der Waals surface area contributed by atoms with Crippen molar-refractivity contribution >= 4 is 23.2 Å². The number of guanidine groups is 1. The summed E-state index contributed by atoms with van der Waals surface area (Å²) in [7, 11) is 1.60. The third-order valence-corrected chi connectivity index (χ3v) is 7.88. The lowest BCUT2D eigenvalue weighted by molar-refractivity contribution is -0.131. The number of hydrogen-bond acceptors (Lipinski definition) is 5. The maximum Gasteiger partial charge on any atom is 0.239 e. The number of thiophene rings is 1. The third kappa shape index (κ3) is 3.85. The van der Waals surface area contributed by atoms with E-state index in [2.05, 4.69) is 17.5 Å². The van der Waals surface area contributed by atoms with Gasteiger partial charge in [0.15, 0.2) is 5.96 Å². The lowest BCUT2D eigenvalue weighted by atomic mass is 9.76. The van der Waals surface area contributed by atoms with Gasteiger partial charge in [-0.1, -0.05) is 36.4 Å². The second-order valence-corrected chi connectivity index (χ2v) is 10.3. The molecule has 4 rings (SSSR count). The lowest BCUT2D eigenvalue weighted by Gasteiger charge is -2.45. The number of nitriles is 2. The quantitative estimate of drug-likeness (QED) is 0.558. The third-order valence-electron chi connectivity index (χ3n) is 6.51. The van der Waals surface area contributed by atoms with E-state index in [1.54, 1.807) is 24.5 Å². The fourth-order valence-corrected chi connectivity index (χ4v) is 5.44. The van der Waals surface area contributed by atoms with Crippen molar-refractivity contribution in [3.8, 4) is 22.6 Å². The molecule has 2 aromatic carbocycles. The van der Waals surface area contributed by atoms with Crippen molar-refractivity contribution in [1.82, 2.24) is 10.2 Å². The summed E-state index contributed by atoms with van der Waals surface area (Å²) in [6.07, 6.45) is 0. The summed E-state index contributed by atoms with van der Waals surface area (Å²) in [5, 5.41) is 30.4. The van der Waals surface area contributed by atoms with Gasteiger partial charge in [0.05, 0.1) is 34.6 Å². The minimum absolute atomic E-state index is 0.0485. The van der Waals surface area contributed by atoms with Crippen molar-refractivity contribution in [2.24, 2.45) is 0 Å². The number of hydrogen-bond donors (Lipinski definition) is 2. The van der Waals surface area contributed by atoms with Gasteiger partial charge in [0.25, 0.3) is 0 Å². The summed E-state index contributed by atoms with van der Waals surface area (Å²) < 4.78 is 0. The first-order valence-corrected chi connectivity index (χ1v) is 11.7. The number of carbonyl (C=O) groups is 1. The van der Waals surface area contributed by atoms with Crippen molar-refractivity contribution in [2.75, 3.05) is 7.05 Å². The normalized spacial score (nSPS) is 20.4. The van der Waals surface area contributed by atoms with Gasteiger partial charge in [-0.3, -0.25) is 15.1 Å². The van der Waals surface area contributed by atoms with Crippen LogP contribution in [0.15, 0.2) is 60.7 Å². The summed E-state index contributed by atoms with van der Waals surface area (Å²) in [5.74, 6) is -0.685. The molecule has 2 heterocycles. The maximum absolute atomic E-state index is 13.5. The average Bonchev–Trinajstić information content (AvgIpc) is 3.34. The predicted octanol–water partition coefficient (Wildman–Crippen LogP) is 5.08. The molecule has 1 aliphatic rings. The Labute approximate surface area is 203 Å². The van der Waals surface area contributed by atoms with E-state index in [4.69, 9.17) is 5.41 Å². The van der Waals surface area contributed by atoms with E-state index >= 15 is 0 Å². The van der Waals surface area contributed by atoms with E-state index in [0.717, 1.165) is 26.4 Å². The molecule has 7 heteroatoms. The largest absolute Gasteiger partial charge is 0.345 e. The van der Waals surface area contributed by atoms with Crippen LogP contribution in [0.25, 0.3) is 10.4 Å². The number of likely N-dealkylation sites (N-methyl/N-ethyl adjacent to an activating group) is 1. The maximum atomic E-state index is 13.5. The molecule has 0 radical (unpaired) electrons. The highest BCUT2D eigenvalue weighted by Crippen LogP contribution is 2.45. The smallest absolute Gasteiger partial charge is 0.239 e. The van der Waals surface area contributed by atoms with Crippen LogP contribution < -0.4 is 5.32 Å². The van der Waals surface area contributed by atoms with Crippen molar-refractivity contribution in [3.05, 3.63) is 82.2 Å². The second-order valence-electron chi connectivity index (χ2n) is 9.22. The molecule has 1 saturated heterocycles. The Kier molecular flexibility index (Phi) is 5.77. The number of amides is 1. The molecule has 2 atom stereocenters. The fourth-order valence-electron chi connectivity index (χ4n) is 4.30. The summed E-state index contributed by atoms with van der Waals surface area (Å²) in [5.41, 5.74) is 1.75. The Hall–Kier alpha value is -3.94. The summed E-state index contributed by atoms with van der Waals surface area (Å²) in [6, 6.07) is 23.5. The van der Waals surface area contributed by atoms with Crippen LogP contribution in [0.1, 0.15) is 48.3 Å². The number of benzene rings is 2. The van der Waals surface area contributed by atoms with Gasteiger partial charge in [-0.25, -0.2) is 0 Å². The Balaban J connectivity index is 1.79.